The van der Waals surface area contributed by atoms with Gasteiger partial charge >= 0.3 is 0 Å². The topological polar surface area (TPSA) is 307 Å². The molecule has 0 aromatic carbocycles. The Hall–Kier alpha value is -3.03. The predicted molar refractivity (Wildman–Crippen MR) is 355 cm³/mol. The van der Waals surface area contributed by atoms with E-state index in [2.05, 4.69) is 92.1 Å². The van der Waals surface area contributed by atoms with Gasteiger partial charge in [0, 0.05) is 6.42 Å². The summed E-state index contributed by atoms with van der Waals surface area (Å²) >= 11 is 0. The van der Waals surface area contributed by atoms with Gasteiger partial charge in [-0.2, -0.15) is 0 Å². The molecule has 3 fully saturated rings. The van der Waals surface area contributed by atoms with Gasteiger partial charge in [-0.15, -0.1) is 0 Å². The van der Waals surface area contributed by atoms with E-state index < -0.39 is 124 Å². The summed E-state index contributed by atoms with van der Waals surface area (Å²) in [4.78, 5) is 13.4. The van der Waals surface area contributed by atoms with Crippen molar-refractivity contribution in [3.8, 4) is 0 Å². The van der Waals surface area contributed by atoms with E-state index in [-0.39, 0.29) is 18.9 Å². The van der Waals surface area contributed by atoms with Crippen LogP contribution in [0.2, 0.25) is 0 Å². The Morgan fingerprint density at radius 2 is 0.769 bits per heavy atom. The third-order valence-electron chi connectivity index (χ3n) is 17.2. The van der Waals surface area contributed by atoms with E-state index in [9.17, 15) is 61.0 Å². The minimum Gasteiger partial charge on any atom is -0.394 e. The lowest BCUT2D eigenvalue weighted by molar-refractivity contribution is -0.379. The first-order chi connectivity index (χ1) is 44.3. The summed E-state index contributed by atoms with van der Waals surface area (Å²) in [7, 11) is 0. The summed E-state index contributed by atoms with van der Waals surface area (Å²) in [6.45, 7) is 1.56. The Balaban J connectivity index is 1.33. The van der Waals surface area contributed by atoms with Crippen LogP contribution in [0.3, 0.4) is 0 Å². The molecule has 1 amide bonds. The number of rotatable bonds is 53. The van der Waals surface area contributed by atoms with Gasteiger partial charge in [-0.25, -0.2) is 0 Å². The van der Waals surface area contributed by atoms with E-state index in [1.54, 1.807) is 6.08 Å². The van der Waals surface area contributed by atoms with Gasteiger partial charge in [0.2, 0.25) is 5.91 Å². The number of carbonyl (C=O) groups is 1. The molecule has 0 saturated carbocycles. The monoisotopic (exact) mass is 1290 g/mol. The van der Waals surface area contributed by atoms with E-state index in [0.717, 1.165) is 70.6 Å². The van der Waals surface area contributed by atoms with Crippen LogP contribution < -0.4 is 5.32 Å². The molecule has 3 aliphatic heterocycles. The zero-order chi connectivity index (χ0) is 66.1. The average Bonchev–Trinajstić information content (AvgIpc) is 1.05. The molecular formula is C72H125NO18. The average molecular weight is 1290 g/mol. The summed E-state index contributed by atoms with van der Waals surface area (Å²) in [5.74, 6) is -0.288. The Bertz CT molecular complexity index is 1980. The lowest BCUT2D eigenvalue weighted by Gasteiger charge is -2.48. The van der Waals surface area contributed by atoms with Gasteiger partial charge in [-0.05, 0) is 77.0 Å². The second-order valence-electron chi connectivity index (χ2n) is 25.0. The number of hydrogen-bond acceptors (Lipinski definition) is 18. The molecule has 0 aliphatic carbocycles. The zero-order valence-corrected chi connectivity index (χ0v) is 55.5. The molecule has 17 unspecified atom stereocenters. The van der Waals surface area contributed by atoms with Crippen LogP contribution in [0.5, 0.6) is 0 Å². The number of hydrogen-bond donors (Lipinski definition) is 12. The largest absolute Gasteiger partial charge is 0.394 e. The first-order valence-corrected chi connectivity index (χ1v) is 35.3. The maximum atomic E-state index is 13.4. The normalized spacial score (nSPS) is 28.4. The molecule has 0 spiro atoms. The fraction of sp³-hybridized carbons (Fsp3) is 0.792. The van der Waals surface area contributed by atoms with Crippen molar-refractivity contribution in [3.63, 3.8) is 0 Å². The van der Waals surface area contributed by atoms with E-state index in [1.807, 2.05) is 6.08 Å². The molecule has 0 radical (unpaired) electrons. The number of amides is 1. The van der Waals surface area contributed by atoms with Crippen LogP contribution in [0.25, 0.3) is 0 Å². The minimum absolute atomic E-state index is 0.234. The van der Waals surface area contributed by atoms with Crippen molar-refractivity contribution in [1.82, 2.24) is 5.32 Å². The molecule has 91 heavy (non-hydrogen) atoms. The molecule has 526 valence electrons. The van der Waals surface area contributed by atoms with Crippen LogP contribution in [0, 0.1) is 0 Å². The third-order valence-corrected chi connectivity index (χ3v) is 17.2. The van der Waals surface area contributed by atoms with E-state index in [1.165, 1.54) is 128 Å². The molecule has 0 aromatic rings. The van der Waals surface area contributed by atoms with Crippen molar-refractivity contribution in [2.75, 3.05) is 26.4 Å². The number of aliphatic hydroxyl groups is 11. The van der Waals surface area contributed by atoms with Crippen molar-refractivity contribution < 1.29 is 89.4 Å². The van der Waals surface area contributed by atoms with Crippen LogP contribution in [-0.2, 0) is 33.2 Å². The van der Waals surface area contributed by atoms with Crippen LogP contribution in [0.4, 0.5) is 0 Å². The number of aliphatic hydroxyl groups excluding tert-OH is 11. The number of ether oxygens (including phenoxy) is 6. The maximum absolute atomic E-state index is 13.4. The molecule has 3 saturated heterocycles. The third kappa shape index (κ3) is 35.0. The van der Waals surface area contributed by atoms with Gasteiger partial charge in [0.05, 0.1) is 38.6 Å². The van der Waals surface area contributed by atoms with Crippen molar-refractivity contribution in [2.24, 2.45) is 0 Å². The van der Waals surface area contributed by atoms with Gasteiger partial charge in [-0.3, -0.25) is 4.79 Å². The molecule has 19 heteroatoms. The van der Waals surface area contributed by atoms with Crippen molar-refractivity contribution in [2.45, 2.75) is 336 Å². The highest BCUT2D eigenvalue weighted by atomic mass is 16.8. The van der Waals surface area contributed by atoms with Gasteiger partial charge in [0.25, 0.3) is 0 Å². The molecule has 3 aliphatic rings. The summed E-state index contributed by atoms with van der Waals surface area (Å²) in [6.07, 6.45) is 41.7. The number of nitrogens with one attached hydrogen (secondary N) is 1. The maximum Gasteiger partial charge on any atom is 0.220 e. The van der Waals surface area contributed by atoms with Crippen molar-refractivity contribution in [1.29, 1.82) is 0 Å². The van der Waals surface area contributed by atoms with E-state index in [4.69, 9.17) is 28.4 Å². The van der Waals surface area contributed by atoms with Crippen LogP contribution in [0.1, 0.15) is 232 Å². The van der Waals surface area contributed by atoms with Crippen LogP contribution >= 0.6 is 0 Å². The Labute approximate surface area is 546 Å². The van der Waals surface area contributed by atoms with Gasteiger partial charge < -0.3 is 89.9 Å². The Kier molecular flexibility index (Phi) is 48.0. The summed E-state index contributed by atoms with van der Waals surface area (Å²) < 4.78 is 34.3. The number of unbranched alkanes of at least 4 members (excludes halogenated alkanes) is 25. The predicted octanol–water partition coefficient (Wildman–Crippen LogP) is 9.49. The quantitative estimate of drug-likeness (QED) is 0.0199. The fourth-order valence-electron chi connectivity index (χ4n) is 11.5. The number of allylic oxidation sites excluding steroid dienone is 13. The Morgan fingerprint density at radius 1 is 0.407 bits per heavy atom. The summed E-state index contributed by atoms with van der Waals surface area (Å²) in [5, 5.41) is 120. The molecule has 3 rings (SSSR count). The molecule has 17 atom stereocenters. The molecule has 3 heterocycles. The smallest absolute Gasteiger partial charge is 0.220 e. The molecule has 12 N–H and O–H groups in total. The van der Waals surface area contributed by atoms with Crippen LogP contribution in [-0.4, -0.2) is 193 Å². The van der Waals surface area contributed by atoms with E-state index >= 15 is 0 Å². The van der Waals surface area contributed by atoms with Crippen molar-refractivity contribution in [3.05, 3.63) is 85.1 Å². The second-order valence-corrected chi connectivity index (χ2v) is 25.0. The zero-order valence-electron chi connectivity index (χ0n) is 55.5. The molecule has 19 nitrogen and oxygen atoms in total. The molecule has 0 aromatic heterocycles. The van der Waals surface area contributed by atoms with E-state index in [0.29, 0.717) is 12.8 Å². The summed E-state index contributed by atoms with van der Waals surface area (Å²) in [5.41, 5.74) is 0. The Morgan fingerprint density at radius 3 is 1.23 bits per heavy atom. The molecule has 0 bridgehead atoms. The van der Waals surface area contributed by atoms with Gasteiger partial charge in [-0.1, -0.05) is 234 Å². The van der Waals surface area contributed by atoms with Gasteiger partial charge in [0.15, 0.2) is 18.9 Å². The lowest BCUT2D eigenvalue weighted by atomic mass is 9.96. The van der Waals surface area contributed by atoms with Crippen LogP contribution in [0.15, 0.2) is 85.1 Å². The van der Waals surface area contributed by atoms with Gasteiger partial charge in [0.1, 0.15) is 73.2 Å². The fourth-order valence-corrected chi connectivity index (χ4v) is 11.5. The number of carbonyl (C=O) groups excluding carboxylic acids is 1. The van der Waals surface area contributed by atoms with Crippen molar-refractivity contribution >= 4 is 5.91 Å². The first kappa shape index (κ1) is 82.2. The minimum atomic E-state index is -1.98. The molecular weight excluding hydrogens is 1170 g/mol. The lowest BCUT2D eigenvalue weighted by Crippen LogP contribution is -2.66. The summed E-state index contributed by atoms with van der Waals surface area (Å²) in [6, 6.07) is -0.991. The first-order valence-electron chi connectivity index (χ1n) is 35.3. The standard InChI is InChI=1S/C72H125NO18/c1-3-5-7-9-11-13-15-16-17-18-19-20-21-22-23-24-25-26-27-28-29-30-31-32-33-34-35-36-37-38-40-42-44-46-48-50-60(78)73-55(56(77)49-47-45-43-41-39-14-12-10-8-6-4-2)54-86-70-66(84)63(81)68(58(52-75)88-70)91-72-67(85)64(82)69(59(53-76)89-72)90-71-65(83)62(80)61(79)57(51-74)87-71/h5,7,11,13,16-17,19-20,22-23,39,41,47,49,55-59,61-72,74-77,79-85H,3-4,6,8-10,12,14-15,18,21,24-38,40,42-46,48,50-54H2,1-2H3,(H,73,78)/b7-5-,13-11-,17-16-,20-19-,23-22-,41-39+,49-47+. The second kappa shape index (κ2) is 53.2. The highest BCUT2D eigenvalue weighted by Gasteiger charge is 2.53. The highest BCUT2D eigenvalue weighted by molar-refractivity contribution is 5.76. The highest BCUT2D eigenvalue weighted by Crippen LogP contribution is 2.33. The SMILES string of the molecule is CC/C=C\C/C=C\C/C=C\C/C=C\C/C=C\CCCCCCCCCCCCCCCCCCCCCC(=O)NC(COC1OC(CO)C(OC2OC(CO)C(OC3OC(CO)C(O)C(O)C3O)C(O)C2O)C(O)C1O)C(O)/C=C/CC/C=C/CCCCCCC.